The normalized spacial score (nSPS) is 10.3. The van der Waals surface area contributed by atoms with Crippen LogP contribution < -0.4 is 10.6 Å². The summed E-state index contributed by atoms with van der Waals surface area (Å²) in [4.78, 5) is 14.1. The zero-order valence-corrected chi connectivity index (χ0v) is 11.5. The van der Waals surface area contributed by atoms with Crippen LogP contribution >= 0.6 is 0 Å². The predicted octanol–water partition coefficient (Wildman–Crippen LogP) is 3.16. The molecule has 0 heterocycles. The Hall–Kier alpha value is -2.29. The predicted molar refractivity (Wildman–Crippen MR) is 79.5 cm³/mol. The van der Waals surface area contributed by atoms with E-state index in [0.29, 0.717) is 11.3 Å². The van der Waals surface area contributed by atoms with E-state index in [2.05, 4.69) is 0 Å². The second-order valence-corrected chi connectivity index (χ2v) is 4.67. The van der Waals surface area contributed by atoms with Gasteiger partial charge in [0.15, 0.2) is 0 Å². The second kappa shape index (κ2) is 5.14. The fourth-order valence-corrected chi connectivity index (χ4v) is 2.08. The van der Waals surface area contributed by atoms with Crippen LogP contribution in [0.25, 0.3) is 0 Å². The van der Waals surface area contributed by atoms with E-state index in [0.717, 1.165) is 16.8 Å². The number of benzene rings is 2. The minimum atomic E-state index is -0.0909. The number of rotatable bonds is 2. The van der Waals surface area contributed by atoms with Crippen molar-refractivity contribution in [3.05, 3.63) is 59.2 Å². The van der Waals surface area contributed by atoms with Crippen molar-refractivity contribution in [1.29, 1.82) is 0 Å². The molecule has 19 heavy (non-hydrogen) atoms. The molecule has 3 heteroatoms. The topological polar surface area (TPSA) is 46.3 Å². The molecule has 0 saturated heterocycles. The van der Waals surface area contributed by atoms with Gasteiger partial charge in [0.1, 0.15) is 0 Å². The zero-order chi connectivity index (χ0) is 14.0. The molecule has 2 rings (SSSR count). The number of nitrogen functional groups attached to an aromatic ring is 1. The van der Waals surface area contributed by atoms with Gasteiger partial charge in [0.05, 0.1) is 5.56 Å². The van der Waals surface area contributed by atoms with Gasteiger partial charge in [-0.2, -0.15) is 0 Å². The Morgan fingerprint density at radius 2 is 1.74 bits per heavy atom. The van der Waals surface area contributed by atoms with Crippen molar-refractivity contribution in [2.45, 2.75) is 13.8 Å². The molecule has 0 aliphatic carbocycles. The van der Waals surface area contributed by atoms with Gasteiger partial charge in [-0.05, 0) is 43.2 Å². The standard InChI is InChI=1S/C16H18N2O/c1-11-7-6-10-15(12(11)2)18(3)16(19)13-8-4-5-9-14(13)17/h4-10H,17H2,1-3H3. The number of amides is 1. The summed E-state index contributed by atoms with van der Waals surface area (Å²) in [5.41, 5.74) is 10.1. The first-order valence-electron chi connectivity index (χ1n) is 6.21. The van der Waals surface area contributed by atoms with Crippen molar-refractivity contribution < 1.29 is 4.79 Å². The van der Waals surface area contributed by atoms with E-state index in [1.165, 1.54) is 0 Å². The number of carbonyl (C=O) groups excluding carboxylic acids is 1. The molecule has 1 amide bonds. The maximum atomic E-state index is 12.5. The first-order valence-corrected chi connectivity index (χ1v) is 6.21. The Bertz CT molecular complexity index is 620. The van der Waals surface area contributed by atoms with Gasteiger partial charge in [0.2, 0.25) is 0 Å². The molecule has 0 fully saturated rings. The van der Waals surface area contributed by atoms with E-state index >= 15 is 0 Å². The molecule has 0 aliphatic rings. The number of hydrogen-bond donors (Lipinski definition) is 1. The smallest absolute Gasteiger partial charge is 0.260 e. The summed E-state index contributed by atoms with van der Waals surface area (Å²) in [6.45, 7) is 4.05. The Kier molecular flexibility index (Phi) is 3.56. The molecule has 2 aromatic rings. The molecule has 0 aliphatic heterocycles. The molecule has 0 bridgehead atoms. The van der Waals surface area contributed by atoms with E-state index in [1.54, 1.807) is 24.1 Å². The minimum absolute atomic E-state index is 0.0909. The van der Waals surface area contributed by atoms with E-state index in [4.69, 9.17) is 5.73 Å². The maximum Gasteiger partial charge on any atom is 0.260 e. The van der Waals surface area contributed by atoms with Crippen LogP contribution in [0.5, 0.6) is 0 Å². The van der Waals surface area contributed by atoms with Gasteiger partial charge in [0.25, 0.3) is 5.91 Å². The lowest BCUT2D eigenvalue weighted by atomic mass is 10.1. The van der Waals surface area contributed by atoms with Crippen molar-refractivity contribution in [3.63, 3.8) is 0 Å². The number of nitrogens with zero attached hydrogens (tertiary/aromatic N) is 1. The third-order valence-electron chi connectivity index (χ3n) is 3.43. The molecule has 2 aromatic carbocycles. The molecule has 2 N–H and O–H groups in total. The van der Waals surface area contributed by atoms with Crippen LogP contribution in [0.3, 0.4) is 0 Å². The molecular formula is C16H18N2O. The number of para-hydroxylation sites is 1. The minimum Gasteiger partial charge on any atom is -0.398 e. The highest BCUT2D eigenvalue weighted by molar-refractivity contribution is 6.09. The van der Waals surface area contributed by atoms with Gasteiger partial charge >= 0.3 is 0 Å². The lowest BCUT2D eigenvalue weighted by Crippen LogP contribution is -2.27. The Balaban J connectivity index is 2.40. The quantitative estimate of drug-likeness (QED) is 0.837. The van der Waals surface area contributed by atoms with Crippen LogP contribution in [0.15, 0.2) is 42.5 Å². The Labute approximate surface area is 113 Å². The highest BCUT2D eigenvalue weighted by Gasteiger charge is 2.17. The van der Waals surface area contributed by atoms with Crippen LogP contribution in [-0.2, 0) is 0 Å². The molecule has 0 atom stereocenters. The summed E-state index contributed by atoms with van der Waals surface area (Å²) >= 11 is 0. The largest absolute Gasteiger partial charge is 0.398 e. The summed E-state index contributed by atoms with van der Waals surface area (Å²) < 4.78 is 0. The highest BCUT2D eigenvalue weighted by Crippen LogP contribution is 2.24. The SMILES string of the molecule is Cc1cccc(N(C)C(=O)c2ccccc2N)c1C. The summed E-state index contributed by atoms with van der Waals surface area (Å²) in [6.07, 6.45) is 0. The highest BCUT2D eigenvalue weighted by atomic mass is 16.2. The second-order valence-electron chi connectivity index (χ2n) is 4.67. The molecule has 0 saturated carbocycles. The average molecular weight is 254 g/mol. The molecule has 0 unspecified atom stereocenters. The van der Waals surface area contributed by atoms with Gasteiger partial charge in [-0.15, -0.1) is 0 Å². The van der Waals surface area contributed by atoms with Gasteiger partial charge < -0.3 is 10.6 Å². The number of aryl methyl sites for hydroxylation is 1. The Morgan fingerprint density at radius 3 is 2.42 bits per heavy atom. The number of hydrogen-bond acceptors (Lipinski definition) is 2. The van der Waals surface area contributed by atoms with Crippen LogP contribution in [-0.4, -0.2) is 13.0 Å². The lowest BCUT2D eigenvalue weighted by molar-refractivity contribution is 0.0993. The van der Waals surface area contributed by atoms with E-state index in [-0.39, 0.29) is 5.91 Å². The molecule has 0 radical (unpaired) electrons. The van der Waals surface area contributed by atoms with Crippen LogP contribution in [0.1, 0.15) is 21.5 Å². The van der Waals surface area contributed by atoms with E-state index in [1.807, 2.05) is 44.2 Å². The van der Waals surface area contributed by atoms with Gasteiger partial charge in [-0.1, -0.05) is 24.3 Å². The summed E-state index contributed by atoms with van der Waals surface area (Å²) in [7, 11) is 1.77. The van der Waals surface area contributed by atoms with Crippen molar-refractivity contribution in [2.75, 3.05) is 17.7 Å². The van der Waals surface area contributed by atoms with E-state index in [9.17, 15) is 4.79 Å². The van der Waals surface area contributed by atoms with Crippen LogP contribution in [0.2, 0.25) is 0 Å². The molecular weight excluding hydrogens is 236 g/mol. The third-order valence-corrected chi connectivity index (χ3v) is 3.43. The molecule has 98 valence electrons. The van der Waals surface area contributed by atoms with Crippen molar-refractivity contribution in [2.24, 2.45) is 0 Å². The average Bonchev–Trinajstić information content (AvgIpc) is 2.41. The zero-order valence-electron chi connectivity index (χ0n) is 11.5. The van der Waals surface area contributed by atoms with Crippen molar-refractivity contribution in [3.8, 4) is 0 Å². The van der Waals surface area contributed by atoms with Crippen LogP contribution in [0, 0.1) is 13.8 Å². The third kappa shape index (κ3) is 2.45. The molecule has 0 spiro atoms. The number of carbonyl (C=O) groups is 1. The van der Waals surface area contributed by atoms with Crippen molar-refractivity contribution >= 4 is 17.3 Å². The summed E-state index contributed by atoms with van der Waals surface area (Å²) in [5, 5.41) is 0. The fraction of sp³-hybridized carbons (Fsp3) is 0.188. The first kappa shape index (κ1) is 13.1. The van der Waals surface area contributed by atoms with Gasteiger partial charge in [0, 0.05) is 18.4 Å². The first-order chi connectivity index (χ1) is 9.02. The van der Waals surface area contributed by atoms with Crippen molar-refractivity contribution in [1.82, 2.24) is 0 Å². The number of nitrogens with two attached hydrogens (primary N) is 1. The molecule has 3 nitrogen and oxygen atoms in total. The fourth-order valence-electron chi connectivity index (χ4n) is 2.08. The Morgan fingerprint density at radius 1 is 1.05 bits per heavy atom. The lowest BCUT2D eigenvalue weighted by Gasteiger charge is -2.21. The maximum absolute atomic E-state index is 12.5. The number of anilines is 2. The molecule has 0 aromatic heterocycles. The van der Waals surface area contributed by atoms with Gasteiger partial charge in [-0.3, -0.25) is 4.79 Å². The monoisotopic (exact) mass is 254 g/mol. The van der Waals surface area contributed by atoms with E-state index < -0.39 is 0 Å². The van der Waals surface area contributed by atoms with Gasteiger partial charge in [-0.25, -0.2) is 0 Å². The van der Waals surface area contributed by atoms with Crippen LogP contribution in [0.4, 0.5) is 11.4 Å². The summed E-state index contributed by atoms with van der Waals surface area (Å²) in [5.74, 6) is -0.0909. The summed E-state index contributed by atoms with van der Waals surface area (Å²) in [6, 6.07) is 13.1.